The van der Waals surface area contributed by atoms with Crippen LogP contribution in [0.1, 0.15) is 0 Å². The van der Waals surface area contributed by atoms with Crippen LogP contribution in [0.4, 0.5) is 5.69 Å². The minimum Gasteiger partial charge on any atom is -0.497 e. The largest absolute Gasteiger partial charge is 0.497 e. The molecule has 4 nitrogen and oxygen atoms in total. The molecule has 94 valence electrons. The Kier molecular flexibility index (Phi) is 2.76. The Hall–Kier alpha value is -2.62. The molecule has 0 amide bonds. The average molecular weight is 251 g/mol. The minimum atomic E-state index is 0.649. The smallest absolute Gasteiger partial charge is 0.118 e. The number of nitrogens with zero attached hydrogens (tertiary/aromatic N) is 2. The van der Waals surface area contributed by atoms with Crippen molar-refractivity contribution in [2.75, 3.05) is 12.8 Å². The molecule has 0 saturated heterocycles. The highest BCUT2D eigenvalue weighted by molar-refractivity contribution is 5.96. The van der Waals surface area contributed by atoms with Crippen LogP contribution in [0.5, 0.6) is 5.75 Å². The third-order valence-corrected chi connectivity index (χ3v) is 3.07. The van der Waals surface area contributed by atoms with Gasteiger partial charge in [0.25, 0.3) is 0 Å². The number of methoxy groups -OCH3 is 1. The molecule has 3 rings (SSSR count). The number of nitrogen functional groups attached to an aromatic ring is 1. The third-order valence-electron chi connectivity index (χ3n) is 3.07. The van der Waals surface area contributed by atoms with Crippen LogP contribution >= 0.6 is 0 Å². The van der Waals surface area contributed by atoms with Crippen molar-refractivity contribution in [3.05, 3.63) is 48.5 Å². The lowest BCUT2D eigenvalue weighted by atomic mass is 10.1. The monoisotopic (exact) mass is 251 g/mol. The molecule has 0 aliphatic heterocycles. The molecule has 0 atom stereocenters. The van der Waals surface area contributed by atoms with Gasteiger partial charge in [0, 0.05) is 10.9 Å². The Labute approximate surface area is 110 Å². The summed E-state index contributed by atoms with van der Waals surface area (Å²) >= 11 is 0. The third kappa shape index (κ3) is 1.97. The van der Waals surface area contributed by atoms with Crippen LogP contribution in [0.2, 0.25) is 0 Å². The topological polar surface area (TPSA) is 61.0 Å². The van der Waals surface area contributed by atoms with E-state index in [1.54, 1.807) is 7.11 Å². The summed E-state index contributed by atoms with van der Waals surface area (Å²) in [5, 5.41) is 9.34. The van der Waals surface area contributed by atoms with Crippen molar-refractivity contribution in [3.8, 4) is 17.0 Å². The van der Waals surface area contributed by atoms with Crippen LogP contribution < -0.4 is 10.5 Å². The number of fused-ring (bicyclic) bond motifs is 1. The van der Waals surface area contributed by atoms with Gasteiger partial charge in [-0.05, 0) is 30.3 Å². The number of aromatic nitrogens is 2. The molecule has 0 spiro atoms. The minimum absolute atomic E-state index is 0.649. The molecule has 2 aromatic carbocycles. The number of hydrogen-bond acceptors (Lipinski definition) is 4. The van der Waals surface area contributed by atoms with Crippen LogP contribution in [0, 0.1) is 0 Å². The van der Waals surface area contributed by atoms with Crippen molar-refractivity contribution in [1.82, 2.24) is 10.2 Å². The first-order valence-corrected chi connectivity index (χ1v) is 5.95. The lowest BCUT2D eigenvalue weighted by molar-refractivity contribution is 0.415. The van der Waals surface area contributed by atoms with E-state index >= 15 is 0 Å². The molecule has 2 N–H and O–H groups in total. The highest BCUT2D eigenvalue weighted by Gasteiger charge is 2.09. The van der Waals surface area contributed by atoms with E-state index in [1.165, 1.54) is 0 Å². The van der Waals surface area contributed by atoms with Crippen LogP contribution in [-0.4, -0.2) is 17.3 Å². The maximum Gasteiger partial charge on any atom is 0.118 e. The molecule has 0 radical (unpaired) electrons. The Balaban J connectivity index is 2.16. The highest BCUT2D eigenvalue weighted by atomic mass is 16.5. The fourth-order valence-corrected chi connectivity index (χ4v) is 2.04. The second kappa shape index (κ2) is 4.57. The van der Waals surface area contributed by atoms with Crippen molar-refractivity contribution < 1.29 is 4.74 Å². The van der Waals surface area contributed by atoms with E-state index in [9.17, 15) is 0 Å². The number of anilines is 1. The van der Waals surface area contributed by atoms with Gasteiger partial charge in [-0.25, -0.2) is 0 Å². The lowest BCUT2D eigenvalue weighted by Crippen LogP contribution is -1.97. The van der Waals surface area contributed by atoms with Gasteiger partial charge in [0.2, 0.25) is 0 Å². The average Bonchev–Trinajstić information content (AvgIpc) is 2.48. The van der Waals surface area contributed by atoms with E-state index in [4.69, 9.17) is 10.5 Å². The van der Waals surface area contributed by atoms with E-state index < -0.39 is 0 Å². The van der Waals surface area contributed by atoms with Gasteiger partial charge >= 0.3 is 0 Å². The van der Waals surface area contributed by atoms with Crippen molar-refractivity contribution in [2.45, 2.75) is 0 Å². The molecular formula is C15H13N3O. The molecule has 4 heteroatoms. The van der Waals surface area contributed by atoms with Crippen molar-refractivity contribution in [2.24, 2.45) is 0 Å². The molecule has 0 aliphatic rings. The van der Waals surface area contributed by atoms with Crippen LogP contribution in [0.15, 0.2) is 48.5 Å². The first-order chi connectivity index (χ1) is 9.29. The van der Waals surface area contributed by atoms with Gasteiger partial charge in [-0.1, -0.05) is 18.2 Å². The SMILES string of the molecule is COc1ccc(-c2nnc3ccccc3c2N)cc1. The molecule has 0 unspecified atom stereocenters. The normalized spacial score (nSPS) is 10.6. The van der Waals surface area contributed by atoms with Gasteiger partial charge in [-0.15, -0.1) is 10.2 Å². The summed E-state index contributed by atoms with van der Waals surface area (Å²) in [5.41, 5.74) is 9.26. The quantitative estimate of drug-likeness (QED) is 0.760. The molecule has 19 heavy (non-hydrogen) atoms. The van der Waals surface area contributed by atoms with Crippen LogP contribution in [0.3, 0.4) is 0 Å². The number of rotatable bonds is 2. The highest BCUT2D eigenvalue weighted by Crippen LogP contribution is 2.29. The van der Waals surface area contributed by atoms with Gasteiger partial charge < -0.3 is 10.5 Å². The molecule has 1 aromatic heterocycles. The first-order valence-electron chi connectivity index (χ1n) is 5.95. The zero-order valence-electron chi connectivity index (χ0n) is 10.5. The molecule has 3 aromatic rings. The maximum absolute atomic E-state index is 6.19. The predicted octanol–water partition coefficient (Wildman–Crippen LogP) is 2.89. The second-order valence-corrected chi connectivity index (χ2v) is 4.21. The van der Waals surface area contributed by atoms with Gasteiger partial charge in [0.15, 0.2) is 0 Å². The number of nitrogens with two attached hydrogens (primary N) is 1. The zero-order valence-corrected chi connectivity index (χ0v) is 10.5. The molecule has 0 saturated carbocycles. The Morgan fingerprint density at radius 2 is 1.68 bits per heavy atom. The second-order valence-electron chi connectivity index (χ2n) is 4.21. The predicted molar refractivity (Wildman–Crippen MR) is 75.9 cm³/mol. The molecule has 1 heterocycles. The standard InChI is InChI=1S/C15H13N3O/c1-19-11-8-6-10(7-9-11)15-14(16)12-4-2-3-5-13(12)17-18-15/h2-9H,1H3,(H2,16,17). The van der Waals surface area contributed by atoms with Crippen molar-refractivity contribution >= 4 is 16.6 Å². The number of benzene rings is 2. The number of ether oxygens (including phenoxy) is 1. The lowest BCUT2D eigenvalue weighted by Gasteiger charge is -2.07. The summed E-state index contributed by atoms with van der Waals surface area (Å²) in [6, 6.07) is 15.3. The van der Waals surface area contributed by atoms with Gasteiger partial charge in [0.05, 0.1) is 18.3 Å². The first kappa shape index (κ1) is 11.5. The Bertz CT molecular complexity index is 723. The molecule has 0 fully saturated rings. The van der Waals surface area contributed by atoms with E-state index in [2.05, 4.69) is 10.2 Å². The van der Waals surface area contributed by atoms with Gasteiger partial charge in [-0.3, -0.25) is 0 Å². The zero-order chi connectivity index (χ0) is 13.2. The summed E-state index contributed by atoms with van der Waals surface area (Å²) in [4.78, 5) is 0. The molecule has 0 aliphatic carbocycles. The number of hydrogen-bond donors (Lipinski definition) is 1. The fourth-order valence-electron chi connectivity index (χ4n) is 2.04. The van der Waals surface area contributed by atoms with Crippen LogP contribution in [-0.2, 0) is 0 Å². The summed E-state index contributed by atoms with van der Waals surface area (Å²) in [7, 11) is 1.64. The van der Waals surface area contributed by atoms with Crippen molar-refractivity contribution in [1.29, 1.82) is 0 Å². The summed E-state index contributed by atoms with van der Waals surface area (Å²) in [5.74, 6) is 0.802. The van der Waals surface area contributed by atoms with Gasteiger partial charge in [-0.2, -0.15) is 0 Å². The fraction of sp³-hybridized carbons (Fsp3) is 0.0667. The Morgan fingerprint density at radius 1 is 0.947 bits per heavy atom. The summed E-state index contributed by atoms with van der Waals surface area (Å²) < 4.78 is 5.14. The van der Waals surface area contributed by atoms with Crippen LogP contribution in [0.25, 0.3) is 22.2 Å². The van der Waals surface area contributed by atoms with E-state index in [-0.39, 0.29) is 0 Å². The van der Waals surface area contributed by atoms with Gasteiger partial charge in [0.1, 0.15) is 11.4 Å². The van der Waals surface area contributed by atoms with Crippen molar-refractivity contribution in [3.63, 3.8) is 0 Å². The van der Waals surface area contributed by atoms with E-state index in [0.29, 0.717) is 11.4 Å². The summed E-state index contributed by atoms with van der Waals surface area (Å²) in [6.07, 6.45) is 0. The van der Waals surface area contributed by atoms with E-state index in [1.807, 2.05) is 48.5 Å². The molecule has 0 bridgehead atoms. The molecular weight excluding hydrogens is 238 g/mol. The van der Waals surface area contributed by atoms with E-state index in [0.717, 1.165) is 22.2 Å². The summed E-state index contributed by atoms with van der Waals surface area (Å²) in [6.45, 7) is 0. The Morgan fingerprint density at radius 3 is 2.42 bits per heavy atom. The maximum atomic E-state index is 6.19.